The Kier molecular flexibility index (Phi) is 7.24. The zero-order valence-corrected chi connectivity index (χ0v) is 19.3. The lowest BCUT2D eigenvalue weighted by Crippen LogP contribution is -2.50. The first-order valence-electron chi connectivity index (χ1n) is 9.83. The lowest BCUT2D eigenvalue weighted by molar-refractivity contribution is -0.140. The number of aliphatic imine (C=N–C) groups is 1. The summed E-state index contributed by atoms with van der Waals surface area (Å²) < 4.78 is 20.9. The van der Waals surface area contributed by atoms with E-state index in [0.29, 0.717) is 17.2 Å². The molecule has 0 N–H and O–H groups in total. The molecule has 32 heavy (non-hydrogen) atoms. The highest BCUT2D eigenvalue weighted by Crippen LogP contribution is 2.38. The number of allylic oxidation sites excluding steroid dienone is 1. The minimum Gasteiger partial charge on any atom is -0.493 e. The predicted octanol–water partition coefficient (Wildman–Crippen LogP) is 2.45. The van der Waals surface area contributed by atoms with E-state index in [9.17, 15) is 14.4 Å². The molecule has 2 aliphatic heterocycles. The highest BCUT2D eigenvalue weighted by Gasteiger charge is 2.42. The molecular formula is C22H24N2O7S. The highest BCUT2D eigenvalue weighted by atomic mass is 32.2. The third-order valence-corrected chi connectivity index (χ3v) is 5.95. The van der Waals surface area contributed by atoms with Gasteiger partial charge >= 0.3 is 11.9 Å². The number of carbonyl (C=O) groups excluding carboxylic acids is 3. The second-order valence-electron chi connectivity index (χ2n) is 6.80. The molecule has 0 radical (unpaired) electrons. The van der Waals surface area contributed by atoms with Crippen molar-refractivity contribution in [1.29, 1.82) is 0 Å². The third-order valence-electron chi connectivity index (χ3n) is 4.98. The van der Waals surface area contributed by atoms with Gasteiger partial charge in [0.15, 0.2) is 16.7 Å². The lowest BCUT2D eigenvalue weighted by Gasteiger charge is -2.38. The SMILES string of the molecule is CCOC(=O)C1=C(C)N=C2SC(C(=O)OC)=CC(=O)N2[C@H]1Cc1cccc(OC)c1OC. The summed E-state index contributed by atoms with van der Waals surface area (Å²) in [6.07, 6.45) is 1.42. The van der Waals surface area contributed by atoms with Gasteiger partial charge in [0, 0.05) is 18.1 Å². The molecule has 10 heteroatoms. The molecule has 3 rings (SSSR count). The largest absolute Gasteiger partial charge is 0.493 e. The summed E-state index contributed by atoms with van der Waals surface area (Å²) in [6.45, 7) is 3.56. The average Bonchev–Trinajstić information content (AvgIpc) is 2.77. The van der Waals surface area contributed by atoms with Crippen LogP contribution in [-0.4, -0.2) is 61.9 Å². The second-order valence-corrected chi connectivity index (χ2v) is 7.81. The van der Waals surface area contributed by atoms with Gasteiger partial charge in [0.25, 0.3) is 5.91 Å². The molecule has 0 spiro atoms. The fourth-order valence-corrected chi connectivity index (χ4v) is 4.62. The number of carbonyl (C=O) groups is 3. The number of esters is 2. The van der Waals surface area contributed by atoms with Crippen molar-refractivity contribution in [3.05, 3.63) is 46.0 Å². The van der Waals surface area contributed by atoms with E-state index in [-0.39, 0.29) is 28.7 Å². The van der Waals surface area contributed by atoms with Gasteiger partial charge in [-0.25, -0.2) is 14.6 Å². The van der Waals surface area contributed by atoms with Crippen LogP contribution in [0.3, 0.4) is 0 Å². The summed E-state index contributed by atoms with van der Waals surface area (Å²) in [6, 6.07) is 4.67. The normalized spacial score (nSPS) is 17.8. The van der Waals surface area contributed by atoms with Gasteiger partial charge in [-0.15, -0.1) is 0 Å². The molecule has 0 saturated heterocycles. The van der Waals surface area contributed by atoms with E-state index in [1.165, 1.54) is 32.3 Å². The molecule has 1 amide bonds. The van der Waals surface area contributed by atoms with Crippen molar-refractivity contribution in [2.75, 3.05) is 27.9 Å². The molecule has 0 aromatic heterocycles. The van der Waals surface area contributed by atoms with Crippen LogP contribution in [0.2, 0.25) is 0 Å². The van der Waals surface area contributed by atoms with Gasteiger partial charge in [0.05, 0.1) is 45.2 Å². The summed E-state index contributed by atoms with van der Waals surface area (Å²) in [5.41, 5.74) is 1.41. The van der Waals surface area contributed by atoms with E-state index in [1.54, 1.807) is 26.0 Å². The molecule has 0 bridgehead atoms. The molecule has 0 aliphatic carbocycles. The number of hydrogen-bond donors (Lipinski definition) is 0. The number of benzene rings is 1. The van der Waals surface area contributed by atoms with Crippen LogP contribution in [0.1, 0.15) is 19.4 Å². The van der Waals surface area contributed by atoms with Crippen LogP contribution in [0.5, 0.6) is 11.5 Å². The quantitative estimate of drug-likeness (QED) is 0.572. The van der Waals surface area contributed by atoms with Gasteiger partial charge in [-0.05, 0) is 31.7 Å². The van der Waals surface area contributed by atoms with Crippen molar-refractivity contribution in [3.8, 4) is 11.5 Å². The van der Waals surface area contributed by atoms with Crippen LogP contribution < -0.4 is 9.47 Å². The topological polar surface area (TPSA) is 104 Å². The summed E-state index contributed by atoms with van der Waals surface area (Å²) in [5.74, 6) is -0.637. The minimum absolute atomic E-state index is 0.123. The first kappa shape index (κ1) is 23.4. The maximum Gasteiger partial charge on any atom is 0.345 e. The first-order valence-corrected chi connectivity index (χ1v) is 10.6. The number of thioether (sulfide) groups is 1. The van der Waals surface area contributed by atoms with E-state index in [4.69, 9.17) is 18.9 Å². The van der Waals surface area contributed by atoms with Gasteiger partial charge in [-0.3, -0.25) is 9.69 Å². The number of nitrogens with zero attached hydrogens (tertiary/aromatic N) is 2. The molecule has 170 valence electrons. The van der Waals surface area contributed by atoms with Gasteiger partial charge in [0.1, 0.15) is 4.91 Å². The molecule has 0 unspecified atom stereocenters. The van der Waals surface area contributed by atoms with Gasteiger partial charge in [-0.1, -0.05) is 12.1 Å². The monoisotopic (exact) mass is 460 g/mol. The Bertz CT molecular complexity index is 1040. The van der Waals surface area contributed by atoms with Gasteiger partial charge < -0.3 is 18.9 Å². The fourth-order valence-electron chi connectivity index (χ4n) is 3.60. The van der Waals surface area contributed by atoms with Crippen molar-refractivity contribution >= 4 is 34.8 Å². The van der Waals surface area contributed by atoms with Crippen LogP contribution >= 0.6 is 11.8 Å². The van der Waals surface area contributed by atoms with Crippen LogP contribution in [0, 0.1) is 0 Å². The first-order chi connectivity index (χ1) is 15.4. The number of amidine groups is 1. The highest BCUT2D eigenvalue weighted by molar-refractivity contribution is 8.18. The Hall–Kier alpha value is -3.27. The Balaban J connectivity index is 2.11. The summed E-state index contributed by atoms with van der Waals surface area (Å²) in [7, 11) is 4.30. The lowest BCUT2D eigenvalue weighted by atomic mass is 9.94. The fraction of sp³-hybridized carbons (Fsp3) is 0.364. The maximum atomic E-state index is 13.1. The third kappa shape index (κ3) is 4.36. The number of ether oxygens (including phenoxy) is 4. The van der Waals surface area contributed by atoms with E-state index >= 15 is 0 Å². The Morgan fingerprint density at radius 2 is 1.91 bits per heavy atom. The zero-order valence-electron chi connectivity index (χ0n) is 18.5. The number of rotatable bonds is 7. The summed E-state index contributed by atoms with van der Waals surface area (Å²) >= 11 is 1.01. The van der Waals surface area contributed by atoms with Crippen LogP contribution in [0.25, 0.3) is 0 Å². The van der Waals surface area contributed by atoms with Crippen molar-refractivity contribution in [2.45, 2.75) is 26.3 Å². The maximum absolute atomic E-state index is 13.1. The zero-order chi connectivity index (χ0) is 23.4. The molecule has 1 aromatic rings. The van der Waals surface area contributed by atoms with Crippen molar-refractivity contribution in [1.82, 2.24) is 4.90 Å². The smallest absolute Gasteiger partial charge is 0.345 e. The number of amides is 1. The van der Waals surface area contributed by atoms with E-state index < -0.39 is 23.9 Å². The number of hydrogen-bond acceptors (Lipinski definition) is 9. The number of para-hydroxylation sites is 1. The molecule has 0 fully saturated rings. The van der Waals surface area contributed by atoms with Gasteiger partial charge in [0.2, 0.25) is 0 Å². The van der Waals surface area contributed by atoms with E-state index in [0.717, 1.165) is 17.3 Å². The summed E-state index contributed by atoms with van der Waals surface area (Å²) in [5, 5.41) is 0.287. The van der Waals surface area contributed by atoms with Crippen molar-refractivity contribution in [2.24, 2.45) is 4.99 Å². The Morgan fingerprint density at radius 3 is 2.53 bits per heavy atom. The molecule has 1 atom stereocenters. The van der Waals surface area contributed by atoms with E-state index in [2.05, 4.69) is 4.99 Å². The molecule has 0 saturated carbocycles. The van der Waals surface area contributed by atoms with Crippen molar-refractivity contribution < 1.29 is 33.3 Å². The Morgan fingerprint density at radius 1 is 1.16 bits per heavy atom. The standard InChI is InChI=1S/C22H24N2O7S/c1-6-31-21(27)18-12(2)23-22-24(17(25)11-16(32-22)20(26)30-5)14(18)10-13-8-7-9-15(28-3)19(13)29-4/h7-9,11,14H,6,10H2,1-5H3/t14-/m0/s1. The van der Waals surface area contributed by atoms with Crippen molar-refractivity contribution in [3.63, 3.8) is 0 Å². The predicted molar refractivity (Wildman–Crippen MR) is 118 cm³/mol. The minimum atomic E-state index is -0.724. The second kappa shape index (κ2) is 9.90. The molecular weight excluding hydrogens is 436 g/mol. The van der Waals surface area contributed by atoms with Crippen LogP contribution in [0.15, 0.2) is 45.4 Å². The van der Waals surface area contributed by atoms with E-state index in [1.807, 2.05) is 6.07 Å². The molecule has 9 nitrogen and oxygen atoms in total. The number of methoxy groups -OCH3 is 3. The van der Waals surface area contributed by atoms with Crippen LogP contribution in [0.4, 0.5) is 0 Å². The molecule has 2 aliphatic rings. The molecule has 1 aromatic carbocycles. The Labute approximate surface area is 190 Å². The van der Waals surface area contributed by atoms with Crippen LogP contribution in [-0.2, 0) is 30.3 Å². The summed E-state index contributed by atoms with van der Waals surface area (Å²) in [4.78, 5) is 43.9. The average molecular weight is 461 g/mol. The van der Waals surface area contributed by atoms with Gasteiger partial charge in [-0.2, -0.15) is 0 Å². The number of fused-ring (bicyclic) bond motifs is 1. The molecule has 2 heterocycles.